The van der Waals surface area contributed by atoms with E-state index in [1.54, 1.807) is 4.68 Å². The van der Waals surface area contributed by atoms with Crippen LogP contribution in [0.2, 0.25) is 0 Å². The molecule has 6 heteroatoms. The molecule has 1 aromatic heterocycles. The third kappa shape index (κ3) is 2.31. The van der Waals surface area contributed by atoms with Gasteiger partial charge in [0.2, 0.25) is 0 Å². The van der Waals surface area contributed by atoms with E-state index in [9.17, 15) is 4.79 Å². The number of aryl methyl sites for hydroxylation is 1. The van der Waals surface area contributed by atoms with Crippen LogP contribution in [0.3, 0.4) is 0 Å². The van der Waals surface area contributed by atoms with Crippen LogP contribution in [0.1, 0.15) is 23.0 Å². The first-order valence-corrected chi connectivity index (χ1v) is 5.27. The maximum absolute atomic E-state index is 11.2. The fraction of sp³-hybridized carbons (Fsp3) is 0.182. The number of nitrogens with one attached hydrogen (secondary N) is 1. The Kier molecular flexibility index (Phi) is 3.15. The van der Waals surface area contributed by atoms with E-state index >= 15 is 0 Å². The second-order valence-corrected chi connectivity index (χ2v) is 3.55. The molecule has 0 aliphatic rings. The summed E-state index contributed by atoms with van der Waals surface area (Å²) in [4.78, 5) is 11.2. The van der Waals surface area contributed by atoms with Crippen molar-refractivity contribution in [2.45, 2.75) is 13.3 Å². The van der Waals surface area contributed by atoms with E-state index in [0.717, 1.165) is 12.1 Å². The number of amides is 1. The number of benzene rings is 1. The third-order valence-electron chi connectivity index (χ3n) is 2.44. The molecule has 0 bridgehead atoms. The van der Waals surface area contributed by atoms with Gasteiger partial charge in [-0.05, 0) is 24.1 Å². The quantitative estimate of drug-likeness (QED) is 0.456. The Hall–Kier alpha value is -2.21. The van der Waals surface area contributed by atoms with Crippen molar-refractivity contribution >= 4 is 5.91 Å². The summed E-state index contributed by atoms with van der Waals surface area (Å²) in [7, 11) is 0. The van der Waals surface area contributed by atoms with Crippen molar-refractivity contribution in [3.8, 4) is 5.69 Å². The maximum Gasteiger partial charge on any atom is 0.287 e. The number of carbonyl (C=O) groups excluding carboxylic acids is 1. The van der Waals surface area contributed by atoms with Crippen LogP contribution in [0.5, 0.6) is 0 Å². The lowest BCUT2D eigenvalue weighted by Gasteiger charge is -2.01. The molecule has 2 rings (SSSR count). The molecule has 0 saturated heterocycles. The van der Waals surface area contributed by atoms with Gasteiger partial charge in [-0.3, -0.25) is 10.2 Å². The fourth-order valence-electron chi connectivity index (χ4n) is 1.49. The van der Waals surface area contributed by atoms with Crippen molar-refractivity contribution < 1.29 is 4.79 Å². The van der Waals surface area contributed by atoms with E-state index < -0.39 is 5.91 Å². The van der Waals surface area contributed by atoms with Gasteiger partial charge in [-0.15, -0.1) is 5.10 Å². The summed E-state index contributed by atoms with van der Waals surface area (Å²) in [6.45, 7) is 2.08. The number of hydrogen-bond donors (Lipinski definition) is 2. The average molecular weight is 231 g/mol. The highest BCUT2D eigenvalue weighted by Gasteiger charge is 2.09. The van der Waals surface area contributed by atoms with E-state index in [4.69, 9.17) is 5.84 Å². The summed E-state index contributed by atoms with van der Waals surface area (Å²) < 4.78 is 1.55. The Labute approximate surface area is 98.4 Å². The highest BCUT2D eigenvalue weighted by molar-refractivity contribution is 5.91. The first kappa shape index (κ1) is 11.3. The summed E-state index contributed by atoms with van der Waals surface area (Å²) in [5.74, 6) is 4.57. The van der Waals surface area contributed by atoms with E-state index in [1.807, 2.05) is 29.7 Å². The van der Waals surface area contributed by atoms with Gasteiger partial charge in [0, 0.05) is 0 Å². The third-order valence-corrected chi connectivity index (χ3v) is 2.44. The largest absolute Gasteiger partial charge is 0.289 e. The van der Waals surface area contributed by atoms with Gasteiger partial charge < -0.3 is 0 Å². The summed E-state index contributed by atoms with van der Waals surface area (Å²) in [6, 6.07) is 7.88. The zero-order valence-electron chi connectivity index (χ0n) is 9.42. The number of hydrazine groups is 1. The fourth-order valence-corrected chi connectivity index (χ4v) is 1.49. The SMILES string of the molecule is CCc1cccc(-n2cc(C(=O)NN)nn2)c1. The molecule has 0 atom stereocenters. The lowest BCUT2D eigenvalue weighted by molar-refractivity contribution is 0.0948. The summed E-state index contributed by atoms with van der Waals surface area (Å²) in [5.41, 5.74) is 4.27. The van der Waals surface area contributed by atoms with Crippen molar-refractivity contribution in [3.63, 3.8) is 0 Å². The molecule has 2 aromatic rings. The Morgan fingerprint density at radius 2 is 2.35 bits per heavy atom. The molecular formula is C11H13N5O. The number of nitrogens with two attached hydrogens (primary N) is 1. The van der Waals surface area contributed by atoms with Crippen LogP contribution in [0, 0.1) is 0 Å². The minimum Gasteiger partial charge on any atom is -0.289 e. The van der Waals surface area contributed by atoms with Crippen LogP contribution in [0.25, 0.3) is 5.69 Å². The molecular weight excluding hydrogens is 218 g/mol. The first-order valence-electron chi connectivity index (χ1n) is 5.27. The zero-order chi connectivity index (χ0) is 12.3. The molecule has 0 aliphatic carbocycles. The zero-order valence-corrected chi connectivity index (χ0v) is 9.42. The lowest BCUT2D eigenvalue weighted by atomic mass is 10.1. The van der Waals surface area contributed by atoms with Gasteiger partial charge >= 0.3 is 0 Å². The minimum atomic E-state index is -0.456. The van der Waals surface area contributed by atoms with E-state index in [1.165, 1.54) is 11.8 Å². The summed E-state index contributed by atoms with van der Waals surface area (Å²) in [6.07, 6.45) is 2.48. The van der Waals surface area contributed by atoms with Crippen molar-refractivity contribution in [2.24, 2.45) is 5.84 Å². The molecule has 6 nitrogen and oxygen atoms in total. The Bertz CT molecular complexity index is 534. The number of nitrogen functional groups attached to an aromatic ring is 1. The van der Waals surface area contributed by atoms with Crippen LogP contribution in [0.15, 0.2) is 30.5 Å². The van der Waals surface area contributed by atoms with Gasteiger partial charge in [0.05, 0.1) is 11.9 Å². The molecule has 88 valence electrons. The topological polar surface area (TPSA) is 85.8 Å². The Balaban J connectivity index is 2.33. The highest BCUT2D eigenvalue weighted by Crippen LogP contribution is 2.10. The van der Waals surface area contributed by atoms with Gasteiger partial charge in [-0.1, -0.05) is 24.3 Å². The number of nitrogens with zero attached hydrogens (tertiary/aromatic N) is 3. The van der Waals surface area contributed by atoms with Gasteiger partial charge in [-0.25, -0.2) is 10.5 Å². The average Bonchev–Trinajstić information content (AvgIpc) is 2.87. The summed E-state index contributed by atoms with van der Waals surface area (Å²) in [5, 5.41) is 7.62. The number of hydrogen-bond acceptors (Lipinski definition) is 4. The van der Waals surface area contributed by atoms with Gasteiger partial charge in [0.15, 0.2) is 5.69 Å². The normalized spacial score (nSPS) is 10.2. The van der Waals surface area contributed by atoms with Gasteiger partial charge in [0.25, 0.3) is 5.91 Å². The number of aromatic nitrogens is 3. The van der Waals surface area contributed by atoms with Crippen molar-refractivity contribution in [2.75, 3.05) is 0 Å². The Morgan fingerprint density at radius 1 is 1.53 bits per heavy atom. The van der Waals surface area contributed by atoms with Gasteiger partial charge in [0.1, 0.15) is 0 Å². The minimum absolute atomic E-state index is 0.189. The molecule has 0 aliphatic heterocycles. The Morgan fingerprint density at radius 3 is 3.06 bits per heavy atom. The monoisotopic (exact) mass is 231 g/mol. The molecule has 3 N–H and O–H groups in total. The predicted molar refractivity (Wildman–Crippen MR) is 62.4 cm³/mol. The van der Waals surface area contributed by atoms with Crippen molar-refractivity contribution in [1.82, 2.24) is 20.4 Å². The molecule has 0 spiro atoms. The van der Waals surface area contributed by atoms with E-state index in [0.29, 0.717) is 0 Å². The number of carbonyl (C=O) groups is 1. The smallest absolute Gasteiger partial charge is 0.287 e. The highest BCUT2D eigenvalue weighted by atomic mass is 16.2. The summed E-state index contributed by atoms with van der Waals surface area (Å²) >= 11 is 0. The molecule has 1 aromatic carbocycles. The molecule has 17 heavy (non-hydrogen) atoms. The van der Waals surface area contributed by atoms with Gasteiger partial charge in [-0.2, -0.15) is 0 Å². The van der Waals surface area contributed by atoms with Crippen LogP contribution in [-0.2, 0) is 6.42 Å². The molecule has 1 heterocycles. The molecule has 1 amide bonds. The van der Waals surface area contributed by atoms with Crippen LogP contribution in [-0.4, -0.2) is 20.9 Å². The molecule has 0 fully saturated rings. The van der Waals surface area contributed by atoms with Crippen LogP contribution in [0.4, 0.5) is 0 Å². The van der Waals surface area contributed by atoms with Crippen molar-refractivity contribution in [1.29, 1.82) is 0 Å². The lowest BCUT2D eigenvalue weighted by Crippen LogP contribution is -2.30. The van der Waals surface area contributed by atoms with Crippen molar-refractivity contribution in [3.05, 3.63) is 41.7 Å². The standard InChI is InChI=1S/C11H13N5O/c1-2-8-4-3-5-9(6-8)16-7-10(14-15-16)11(17)13-12/h3-7H,2,12H2,1H3,(H,13,17). The van der Waals surface area contributed by atoms with Crippen LogP contribution >= 0.6 is 0 Å². The second-order valence-electron chi connectivity index (χ2n) is 3.55. The predicted octanol–water partition coefficient (Wildman–Crippen LogP) is 0.433. The molecule has 0 radical (unpaired) electrons. The molecule has 0 saturated carbocycles. The van der Waals surface area contributed by atoms with E-state index in [2.05, 4.69) is 17.2 Å². The second kappa shape index (κ2) is 4.75. The van der Waals surface area contributed by atoms with E-state index in [-0.39, 0.29) is 5.69 Å². The first-order chi connectivity index (χ1) is 8.24. The van der Waals surface area contributed by atoms with Crippen LogP contribution < -0.4 is 11.3 Å². The number of rotatable bonds is 3. The maximum atomic E-state index is 11.2. The molecule has 0 unspecified atom stereocenters.